The van der Waals surface area contributed by atoms with Crippen LogP contribution in [0.4, 0.5) is 11.8 Å². The Morgan fingerprint density at radius 1 is 0.762 bits per heavy atom. The summed E-state index contributed by atoms with van der Waals surface area (Å²) in [6.07, 6.45) is -3.51. The fraction of sp³-hybridized carbons (Fsp3) is 0.592. The number of aromatic nitrogens is 8. The number of aromatic amines is 1. The number of rotatable bonds is 16. The summed E-state index contributed by atoms with van der Waals surface area (Å²) in [6.45, 7) is 21.7. The molecule has 0 aliphatic carbocycles. The number of nitriles is 2. The van der Waals surface area contributed by atoms with Crippen LogP contribution in [-0.4, -0.2) is 130 Å². The third-order valence-corrected chi connectivity index (χ3v) is 27.1. The summed E-state index contributed by atoms with van der Waals surface area (Å²) in [5, 5.41) is 30.2. The number of fused-ring (bicyclic) bond motifs is 4. The van der Waals surface area contributed by atoms with Crippen molar-refractivity contribution in [3.05, 3.63) is 65.2 Å². The molecule has 3 aliphatic rings. The second-order valence-electron chi connectivity index (χ2n) is 22.9. The Morgan fingerprint density at radius 3 is 1.75 bits per heavy atom. The number of hydrogen-bond acceptors (Lipinski definition) is 20. The molecule has 0 spiro atoms. The molecular weight excluding hydrogens is 1110 g/mol. The monoisotopic (exact) mass is 1180 g/mol. The minimum atomic E-state index is -4.66. The Bertz CT molecular complexity index is 3320. The van der Waals surface area contributed by atoms with Crippen molar-refractivity contribution < 1.29 is 55.1 Å². The van der Waals surface area contributed by atoms with Crippen molar-refractivity contribution in [2.75, 3.05) is 37.1 Å². The molecule has 432 valence electrons. The first-order chi connectivity index (χ1) is 37.6. The van der Waals surface area contributed by atoms with Gasteiger partial charge in [-0.15, -0.1) is 0 Å². The third-order valence-electron chi connectivity index (χ3n) is 14.9. The molecule has 5 N–H and O–H groups in total. The van der Waals surface area contributed by atoms with E-state index in [1.807, 2.05) is 79.9 Å². The van der Waals surface area contributed by atoms with Crippen LogP contribution in [0.3, 0.4) is 0 Å². The summed E-state index contributed by atoms with van der Waals surface area (Å²) in [7, 11) is -15.1. The second kappa shape index (κ2) is 23.8. The number of amides is 2. The molecule has 2 amide bonds. The number of H-pyrrole nitrogens is 1. The lowest BCUT2D eigenvalue weighted by atomic mass is 10.1. The van der Waals surface area contributed by atoms with Gasteiger partial charge in [0.25, 0.3) is 11.5 Å². The highest BCUT2D eigenvalue weighted by atomic mass is 31.2. The molecule has 3 fully saturated rings. The first kappa shape index (κ1) is 60.6. The van der Waals surface area contributed by atoms with Crippen LogP contribution in [0, 0.1) is 28.6 Å². The topological polar surface area (TPSA) is 345 Å². The average Bonchev–Trinajstić information content (AvgIpc) is 4.38. The van der Waals surface area contributed by atoms with Gasteiger partial charge in [0, 0.05) is 11.5 Å². The summed E-state index contributed by atoms with van der Waals surface area (Å²) in [5.74, 6) is -1.36. The molecule has 0 saturated carbocycles. The summed E-state index contributed by atoms with van der Waals surface area (Å²) in [5.41, 5.74) is 0.0436. The second-order valence-corrected chi connectivity index (χ2v) is 36.0. The van der Waals surface area contributed by atoms with Crippen LogP contribution < -0.4 is 26.4 Å². The SMILES string of the molecule is CC(C)C(=O)Nc1nc2c(ncn2[C@@H]2O[C@@H]3COP(=O)(OCCC#N)N[C@H]4[C@@H](O[Si](C)(C)C(C)(C)C)[C@H](n5cnc6c(NC(=O)c7ccccc7)ncnc65)O[C@@H]4COP(=O)(OCCC#N)N[C@H]3[C@H]2O[Si](C)(C)C(C)(C)C)c(=O)[nH]1. The summed E-state index contributed by atoms with van der Waals surface area (Å²) < 4.78 is 87.7. The van der Waals surface area contributed by atoms with Gasteiger partial charge >= 0.3 is 15.5 Å². The number of benzene rings is 1. The van der Waals surface area contributed by atoms with Crippen LogP contribution in [0.5, 0.6) is 0 Å². The van der Waals surface area contributed by atoms with E-state index in [1.165, 1.54) is 23.5 Å². The molecule has 0 bridgehead atoms. The number of ether oxygens (including phenoxy) is 2. The van der Waals surface area contributed by atoms with Gasteiger partial charge in [-0.1, -0.05) is 73.6 Å². The fourth-order valence-corrected chi connectivity index (χ4v) is 14.2. The molecule has 27 nitrogen and oxygen atoms in total. The van der Waals surface area contributed by atoms with Crippen molar-refractivity contribution in [2.45, 2.75) is 153 Å². The number of nitrogens with zero attached hydrogens (tertiary/aromatic N) is 9. The minimum absolute atomic E-state index is 0.00524. The van der Waals surface area contributed by atoms with Crippen LogP contribution >= 0.6 is 15.5 Å². The summed E-state index contributed by atoms with van der Waals surface area (Å²) >= 11 is 0. The Hall–Kier alpha value is -5.47. The molecule has 8 rings (SSSR count). The van der Waals surface area contributed by atoms with Crippen molar-refractivity contribution >= 4 is 78.0 Å². The molecule has 31 heteroatoms. The predicted molar refractivity (Wildman–Crippen MR) is 297 cm³/mol. The van der Waals surface area contributed by atoms with Gasteiger partial charge in [-0.25, -0.2) is 39.2 Å². The van der Waals surface area contributed by atoms with Gasteiger partial charge in [0.1, 0.15) is 30.7 Å². The van der Waals surface area contributed by atoms with Crippen molar-refractivity contribution in [2.24, 2.45) is 5.92 Å². The Morgan fingerprint density at radius 2 is 1.26 bits per heavy atom. The van der Waals surface area contributed by atoms with Crippen LogP contribution in [-0.2, 0) is 50.3 Å². The Balaban J connectivity index is 1.25. The van der Waals surface area contributed by atoms with E-state index in [0.29, 0.717) is 5.56 Å². The standard InChI is InChI=1S/C49H70N14O13P2Si2/c1-29(2)42(64)58-47-57-41-36(44(66)59-47)55-28-63(41)46-38(76-80(11,12)49(6,7)8)34-32(74-46)25-72-77(67,69-22-16-20-50)60-33-31(24-71-78(68,61-34)70-23-17-21-51)73-45(37(33)75-79(9,10)48(3,4)5)62-27-54-35-39(52-26-53-40(35)62)56-43(65)30-18-14-13-15-19-30/h13-15,18-19,26-29,31-34,37-38,45-46H,16-17,22-25H2,1-12H3,(H,60,67)(H,61,68)(H,52,53,56,65)(H2,57,58,59,64,66)/t31-,32-,33-,34-,37-,38-,45-,46-,77?,78?/m1/s1. The number of imidazole rings is 2. The predicted octanol–water partition coefficient (Wildman–Crippen LogP) is 7.42. The molecule has 4 aromatic heterocycles. The zero-order valence-corrected chi connectivity index (χ0v) is 50.6. The van der Waals surface area contributed by atoms with E-state index in [2.05, 4.69) is 50.7 Å². The molecule has 80 heavy (non-hydrogen) atoms. The van der Waals surface area contributed by atoms with Crippen molar-refractivity contribution in [1.29, 1.82) is 10.5 Å². The van der Waals surface area contributed by atoms with Gasteiger partial charge in [0.15, 0.2) is 57.2 Å². The third kappa shape index (κ3) is 13.1. The van der Waals surface area contributed by atoms with Crippen LogP contribution in [0.25, 0.3) is 22.3 Å². The smallest absolute Gasteiger partial charge is 0.406 e. The maximum atomic E-state index is 15.7. The van der Waals surface area contributed by atoms with Gasteiger partial charge in [-0.3, -0.25) is 51.9 Å². The lowest BCUT2D eigenvalue weighted by molar-refractivity contribution is -0.118. The highest BCUT2D eigenvalue weighted by molar-refractivity contribution is 7.52. The number of nitrogens with one attached hydrogen (secondary N) is 5. The van der Waals surface area contributed by atoms with Gasteiger partial charge in [-0.2, -0.15) is 15.5 Å². The molecule has 3 aliphatic heterocycles. The zero-order valence-electron chi connectivity index (χ0n) is 46.8. The van der Waals surface area contributed by atoms with Gasteiger partial charge in [0.2, 0.25) is 11.9 Å². The molecule has 2 unspecified atom stereocenters. The van der Waals surface area contributed by atoms with Gasteiger partial charge in [0.05, 0.1) is 76.1 Å². The number of carbonyl (C=O) groups is 2. The minimum Gasteiger partial charge on any atom is -0.408 e. The molecule has 10 atom stereocenters. The van der Waals surface area contributed by atoms with Gasteiger partial charge < -0.3 is 23.6 Å². The maximum Gasteiger partial charge on any atom is 0.406 e. The quantitative estimate of drug-likeness (QED) is 0.0364. The molecule has 7 heterocycles. The molecular formula is C49H70N14O13P2Si2. The highest BCUT2D eigenvalue weighted by Crippen LogP contribution is 2.54. The first-order valence-corrected chi connectivity index (χ1v) is 35.0. The van der Waals surface area contributed by atoms with E-state index in [0.717, 1.165) is 0 Å². The van der Waals surface area contributed by atoms with Crippen LogP contribution in [0.2, 0.25) is 36.3 Å². The normalized spacial score (nSPS) is 26.9. The maximum absolute atomic E-state index is 15.7. The van der Waals surface area contributed by atoms with E-state index in [4.69, 9.17) is 36.4 Å². The zero-order chi connectivity index (χ0) is 58.2. The molecule has 1 aromatic carbocycles. The Labute approximate surface area is 465 Å². The number of hydrogen-bond donors (Lipinski definition) is 5. The average molecular weight is 1180 g/mol. The van der Waals surface area contributed by atoms with Crippen molar-refractivity contribution in [1.82, 2.24) is 49.2 Å². The summed E-state index contributed by atoms with van der Waals surface area (Å²) in [4.78, 5) is 64.8. The Kier molecular flexibility index (Phi) is 18.0. The first-order valence-electron chi connectivity index (χ1n) is 26.1. The van der Waals surface area contributed by atoms with E-state index >= 15 is 9.13 Å². The lowest BCUT2D eigenvalue weighted by Crippen LogP contribution is -2.54. The summed E-state index contributed by atoms with van der Waals surface area (Å²) in [6, 6.07) is 10.2. The van der Waals surface area contributed by atoms with E-state index in [9.17, 15) is 24.9 Å². The van der Waals surface area contributed by atoms with Crippen molar-refractivity contribution in [3.63, 3.8) is 0 Å². The van der Waals surface area contributed by atoms with E-state index in [-0.39, 0.29) is 60.1 Å². The molecule has 3 saturated heterocycles. The highest BCUT2D eigenvalue weighted by Gasteiger charge is 2.57. The largest absolute Gasteiger partial charge is 0.408 e. The van der Waals surface area contributed by atoms with Crippen molar-refractivity contribution in [3.8, 4) is 12.1 Å². The van der Waals surface area contributed by atoms with Crippen LogP contribution in [0.1, 0.15) is 91.0 Å². The van der Waals surface area contributed by atoms with E-state index in [1.54, 1.807) is 48.7 Å². The molecule has 0 radical (unpaired) electrons. The van der Waals surface area contributed by atoms with Crippen LogP contribution in [0.15, 0.2) is 54.1 Å². The number of anilines is 2. The lowest BCUT2D eigenvalue weighted by Gasteiger charge is -2.41. The number of carbonyl (C=O) groups excluding carboxylic acids is 2. The van der Waals surface area contributed by atoms with Gasteiger partial charge in [-0.05, 0) is 48.4 Å². The molecule has 5 aromatic rings. The fourth-order valence-electron chi connectivity index (χ4n) is 8.49. The van der Waals surface area contributed by atoms with E-state index < -0.39 is 128 Å².